The third-order valence-electron chi connectivity index (χ3n) is 3.04. The van der Waals surface area contributed by atoms with Crippen molar-refractivity contribution in [3.8, 4) is 17.0 Å². The van der Waals surface area contributed by atoms with Crippen molar-refractivity contribution in [3.05, 3.63) is 39.8 Å². The lowest BCUT2D eigenvalue weighted by molar-refractivity contribution is 0.414. The first kappa shape index (κ1) is 13.6. The van der Waals surface area contributed by atoms with E-state index in [4.69, 9.17) is 11.3 Å². The number of aryl methyl sites for hydroxylation is 2. The highest BCUT2D eigenvalue weighted by Gasteiger charge is 2.17. The van der Waals surface area contributed by atoms with E-state index in [-0.39, 0.29) is 0 Å². The van der Waals surface area contributed by atoms with Crippen molar-refractivity contribution in [2.45, 2.75) is 13.3 Å². The van der Waals surface area contributed by atoms with E-state index in [2.05, 4.69) is 25.9 Å². The first-order chi connectivity index (χ1) is 9.12. The van der Waals surface area contributed by atoms with Crippen LogP contribution in [0.25, 0.3) is 16.1 Å². The van der Waals surface area contributed by atoms with Crippen LogP contribution in [0.1, 0.15) is 12.5 Å². The Kier molecular flexibility index (Phi) is 3.91. The number of nitrogens with zero attached hydrogens (tertiary/aromatic N) is 3. The zero-order valence-electron chi connectivity index (χ0n) is 11.1. The molecule has 1 heterocycles. The molecular weight excluding hydrogens is 306 g/mol. The monoisotopic (exact) mass is 319 g/mol. The number of methoxy groups -OCH3 is 1. The Hall–Kier alpha value is -1.80. The summed E-state index contributed by atoms with van der Waals surface area (Å²) in [7, 11) is 3.49. The van der Waals surface area contributed by atoms with Crippen molar-refractivity contribution in [2.24, 2.45) is 7.05 Å². The van der Waals surface area contributed by atoms with Gasteiger partial charge in [0.1, 0.15) is 5.75 Å². The van der Waals surface area contributed by atoms with Gasteiger partial charge >= 0.3 is 0 Å². The Labute approximate surface area is 121 Å². The van der Waals surface area contributed by atoms with Gasteiger partial charge in [0.25, 0.3) is 0 Å². The molecule has 5 heteroatoms. The van der Waals surface area contributed by atoms with Crippen molar-refractivity contribution in [1.29, 1.82) is 0 Å². The van der Waals surface area contributed by atoms with E-state index in [0.717, 1.165) is 33.5 Å². The predicted octanol–water partition coefficient (Wildman–Crippen LogP) is 3.97. The van der Waals surface area contributed by atoms with Gasteiger partial charge in [-0.05, 0) is 40.0 Å². The van der Waals surface area contributed by atoms with Gasteiger partial charge in [-0.2, -0.15) is 5.10 Å². The second-order valence-electron chi connectivity index (χ2n) is 4.11. The van der Waals surface area contributed by atoms with Gasteiger partial charge in [0.2, 0.25) is 0 Å². The summed E-state index contributed by atoms with van der Waals surface area (Å²) in [6, 6.07) is 3.80. The van der Waals surface area contributed by atoms with Gasteiger partial charge in [0, 0.05) is 12.6 Å². The number of aromatic nitrogens is 2. The van der Waals surface area contributed by atoms with Gasteiger partial charge in [-0.15, -0.1) is 0 Å². The lowest BCUT2D eigenvalue weighted by Crippen LogP contribution is -1.96. The van der Waals surface area contributed by atoms with Crippen LogP contribution in [0.4, 0.5) is 5.69 Å². The Morgan fingerprint density at radius 1 is 1.47 bits per heavy atom. The van der Waals surface area contributed by atoms with E-state index in [1.165, 1.54) is 0 Å². The number of hydrogen-bond acceptors (Lipinski definition) is 2. The molecule has 0 aliphatic heterocycles. The van der Waals surface area contributed by atoms with Gasteiger partial charge in [0.15, 0.2) is 5.69 Å². The molecule has 0 fully saturated rings. The highest BCUT2D eigenvalue weighted by Crippen LogP contribution is 2.40. The number of benzene rings is 1. The molecule has 2 rings (SSSR count). The standard InChI is InChI=1S/C14H14BrN3O/c1-5-9-6-10(19-4)7-11(13(9)16-2)14-12(15)8-17-18(14)3/h6-8H,5H2,1,3-4H3. The summed E-state index contributed by atoms with van der Waals surface area (Å²) >= 11 is 3.48. The first-order valence-electron chi connectivity index (χ1n) is 5.88. The van der Waals surface area contributed by atoms with Crippen molar-refractivity contribution < 1.29 is 4.74 Å². The van der Waals surface area contributed by atoms with E-state index in [9.17, 15) is 0 Å². The second kappa shape index (κ2) is 5.45. The maximum absolute atomic E-state index is 7.44. The molecule has 1 aromatic heterocycles. The lowest BCUT2D eigenvalue weighted by atomic mass is 10.0. The Bertz CT molecular complexity index is 636. The molecule has 2 aromatic rings. The van der Waals surface area contributed by atoms with E-state index in [1.807, 2.05) is 26.1 Å². The molecule has 0 aliphatic rings. The zero-order valence-corrected chi connectivity index (χ0v) is 12.7. The maximum Gasteiger partial charge on any atom is 0.199 e. The van der Waals surface area contributed by atoms with Crippen LogP contribution in [0, 0.1) is 6.57 Å². The molecule has 0 amide bonds. The third kappa shape index (κ3) is 2.36. The van der Waals surface area contributed by atoms with Crippen LogP contribution in [-0.4, -0.2) is 16.9 Å². The summed E-state index contributed by atoms with van der Waals surface area (Å²) in [6.45, 7) is 9.47. The highest BCUT2D eigenvalue weighted by molar-refractivity contribution is 9.10. The Balaban J connectivity index is 2.79. The molecule has 0 saturated heterocycles. The van der Waals surface area contributed by atoms with Crippen molar-refractivity contribution >= 4 is 21.6 Å². The van der Waals surface area contributed by atoms with Gasteiger partial charge in [-0.3, -0.25) is 4.68 Å². The minimum absolute atomic E-state index is 0.660. The smallest absolute Gasteiger partial charge is 0.199 e. The molecule has 0 aliphatic carbocycles. The van der Waals surface area contributed by atoms with Crippen LogP contribution >= 0.6 is 15.9 Å². The van der Waals surface area contributed by atoms with Crippen molar-refractivity contribution in [2.75, 3.05) is 7.11 Å². The quantitative estimate of drug-likeness (QED) is 0.801. The highest BCUT2D eigenvalue weighted by atomic mass is 79.9. The van der Waals surface area contributed by atoms with Gasteiger partial charge in [-0.25, -0.2) is 4.85 Å². The van der Waals surface area contributed by atoms with Gasteiger partial charge in [-0.1, -0.05) is 6.92 Å². The summed E-state index contributed by atoms with van der Waals surface area (Å²) in [5.74, 6) is 0.757. The number of halogens is 1. The lowest BCUT2D eigenvalue weighted by Gasteiger charge is -2.12. The fourth-order valence-corrected chi connectivity index (χ4v) is 2.64. The fourth-order valence-electron chi connectivity index (χ4n) is 2.08. The molecule has 0 unspecified atom stereocenters. The minimum Gasteiger partial charge on any atom is -0.497 e. The zero-order chi connectivity index (χ0) is 14.0. The first-order valence-corrected chi connectivity index (χ1v) is 6.67. The maximum atomic E-state index is 7.44. The Morgan fingerprint density at radius 2 is 2.21 bits per heavy atom. The molecule has 1 aromatic carbocycles. The number of rotatable bonds is 3. The van der Waals surface area contributed by atoms with Crippen LogP contribution in [0.5, 0.6) is 5.75 Å². The van der Waals surface area contributed by atoms with Crippen LogP contribution in [0.2, 0.25) is 0 Å². The van der Waals surface area contributed by atoms with E-state index >= 15 is 0 Å². The molecule has 19 heavy (non-hydrogen) atoms. The molecule has 0 radical (unpaired) electrons. The van der Waals surface area contributed by atoms with E-state index < -0.39 is 0 Å². The van der Waals surface area contributed by atoms with Crippen LogP contribution < -0.4 is 4.74 Å². The topological polar surface area (TPSA) is 31.4 Å². The average Bonchev–Trinajstić information content (AvgIpc) is 2.76. The predicted molar refractivity (Wildman–Crippen MR) is 78.5 cm³/mol. The largest absolute Gasteiger partial charge is 0.497 e. The number of ether oxygens (including phenoxy) is 1. The molecule has 0 saturated carbocycles. The SMILES string of the molecule is [C-]#[N+]c1c(CC)cc(OC)cc1-c1c(Br)cnn1C. The second-order valence-corrected chi connectivity index (χ2v) is 4.97. The molecule has 98 valence electrons. The molecule has 0 spiro atoms. The normalized spacial score (nSPS) is 10.3. The molecule has 0 bridgehead atoms. The van der Waals surface area contributed by atoms with Crippen LogP contribution in [0.15, 0.2) is 22.8 Å². The molecule has 0 N–H and O–H groups in total. The summed E-state index contributed by atoms with van der Waals surface area (Å²) < 4.78 is 7.95. The summed E-state index contributed by atoms with van der Waals surface area (Å²) in [5.41, 5.74) is 3.38. The van der Waals surface area contributed by atoms with Crippen LogP contribution in [0.3, 0.4) is 0 Å². The summed E-state index contributed by atoms with van der Waals surface area (Å²) in [5, 5.41) is 4.21. The van der Waals surface area contributed by atoms with E-state index in [0.29, 0.717) is 5.69 Å². The van der Waals surface area contributed by atoms with E-state index in [1.54, 1.807) is 18.0 Å². The summed E-state index contributed by atoms with van der Waals surface area (Å²) in [6.07, 6.45) is 2.52. The minimum atomic E-state index is 0.660. The third-order valence-corrected chi connectivity index (χ3v) is 3.62. The average molecular weight is 320 g/mol. The molecule has 4 nitrogen and oxygen atoms in total. The Morgan fingerprint density at radius 3 is 2.68 bits per heavy atom. The molecular formula is C14H14BrN3O. The van der Waals surface area contributed by atoms with Gasteiger partial charge in [0.05, 0.1) is 30.0 Å². The molecule has 0 atom stereocenters. The van der Waals surface area contributed by atoms with Crippen LogP contribution in [-0.2, 0) is 13.5 Å². The summed E-state index contributed by atoms with van der Waals surface area (Å²) in [4.78, 5) is 3.69. The number of hydrogen-bond donors (Lipinski definition) is 0. The van der Waals surface area contributed by atoms with Crippen molar-refractivity contribution in [3.63, 3.8) is 0 Å². The van der Waals surface area contributed by atoms with Crippen molar-refractivity contribution in [1.82, 2.24) is 9.78 Å². The fraction of sp³-hybridized carbons (Fsp3) is 0.286. The van der Waals surface area contributed by atoms with Gasteiger partial charge < -0.3 is 4.74 Å².